The van der Waals surface area contributed by atoms with Crippen LogP contribution in [0.5, 0.6) is 0 Å². The molecule has 0 bridgehead atoms. The lowest BCUT2D eigenvalue weighted by Crippen LogP contribution is -2.52. The quantitative estimate of drug-likeness (QED) is 0.932. The first-order valence-corrected chi connectivity index (χ1v) is 8.97. The SMILES string of the molecule is O=C(O)c1cccc(N2CCN(C3CCc4ccccc4C3)CC2)n1. The maximum atomic E-state index is 11.1. The first kappa shape index (κ1) is 16.1. The number of hydrogen-bond acceptors (Lipinski definition) is 4. The van der Waals surface area contributed by atoms with Crippen LogP contribution in [-0.4, -0.2) is 53.2 Å². The summed E-state index contributed by atoms with van der Waals surface area (Å²) in [7, 11) is 0. The predicted octanol–water partition coefficient (Wildman–Crippen LogP) is 2.46. The van der Waals surface area contributed by atoms with Crippen molar-refractivity contribution >= 4 is 11.8 Å². The number of nitrogens with zero attached hydrogens (tertiary/aromatic N) is 3. The molecule has 5 nitrogen and oxygen atoms in total. The van der Waals surface area contributed by atoms with Gasteiger partial charge in [-0.1, -0.05) is 30.3 Å². The van der Waals surface area contributed by atoms with E-state index < -0.39 is 5.97 Å². The molecule has 2 aliphatic rings. The zero-order chi connectivity index (χ0) is 17.2. The standard InChI is InChI=1S/C20H23N3O2/c24-20(25)18-6-3-7-19(21-18)23-12-10-22(11-13-23)17-9-8-15-4-1-2-5-16(15)14-17/h1-7,17H,8-14H2,(H,24,25). The van der Waals surface area contributed by atoms with Gasteiger partial charge in [-0.15, -0.1) is 0 Å². The second-order valence-electron chi connectivity index (χ2n) is 6.87. The highest BCUT2D eigenvalue weighted by Gasteiger charge is 2.27. The van der Waals surface area contributed by atoms with Crippen LogP contribution in [0.4, 0.5) is 5.82 Å². The van der Waals surface area contributed by atoms with Gasteiger partial charge >= 0.3 is 5.97 Å². The van der Waals surface area contributed by atoms with E-state index in [1.54, 1.807) is 12.1 Å². The summed E-state index contributed by atoms with van der Waals surface area (Å²) in [4.78, 5) is 20.2. The monoisotopic (exact) mass is 337 g/mol. The summed E-state index contributed by atoms with van der Waals surface area (Å²) >= 11 is 0. The van der Waals surface area contributed by atoms with E-state index in [4.69, 9.17) is 5.11 Å². The summed E-state index contributed by atoms with van der Waals surface area (Å²) in [6.07, 6.45) is 3.54. The molecular formula is C20H23N3O2. The fraction of sp³-hybridized carbons (Fsp3) is 0.400. The van der Waals surface area contributed by atoms with Gasteiger partial charge in [0.15, 0.2) is 5.69 Å². The minimum Gasteiger partial charge on any atom is -0.477 e. The van der Waals surface area contributed by atoms with Gasteiger partial charge in [-0.05, 0) is 42.5 Å². The minimum absolute atomic E-state index is 0.115. The van der Waals surface area contributed by atoms with E-state index >= 15 is 0 Å². The fourth-order valence-electron chi connectivity index (χ4n) is 4.02. The second-order valence-corrected chi connectivity index (χ2v) is 6.87. The number of piperazine rings is 1. The second kappa shape index (κ2) is 6.84. The largest absolute Gasteiger partial charge is 0.477 e. The van der Waals surface area contributed by atoms with Crippen LogP contribution in [0.15, 0.2) is 42.5 Å². The lowest BCUT2D eigenvalue weighted by atomic mass is 9.87. The number of aromatic carboxylic acids is 1. The molecule has 25 heavy (non-hydrogen) atoms. The Hall–Kier alpha value is -2.40. The number of rotatable bonds is 3. The Labute approximate surface area is 147 Å². The van der Waals surface area contributed by atoms with Crippen LogP contribution in [0.25, 0.3) is 0 Å². The van der Waals surface area contributed by atoms with Crippen molar-refractivity contribution in [3.05, 3.63) is 59.3 Å². The van der Waals surface area contributed by atoms with Crippen LogP contribution in [0.1, 0.15) is 28.0 Å². The average molecular weight is 337 g/mol. The minimum atomic E-state index is -0.971. The number of hydrogen-bond donors (Lipinski definition) is 1. The van der Waals surface area contributed by atoms with Crippen LogP contribution >= 0.6 is 0 Å². The van der Waals surface area contributed by atoms with Crippen molar-refractivity contribution in [1.82, 2.24) is 9.88 Å². The van der Waals surface area contributed by atoms with Crippen molar-refractivity contribution < 1.29 is 9.90 Å². The van der Waals surface area contributed by atoms with E-state index in [9.17, 15) is 4.79 Å². The van der Waals surface area contributed by atoms with Gasteiger partial charge in [0.25, 0.3) is 0 Å². The van der Waals surface area contributed by atoms with Gasteiger partial charge in [0.2, 0.25) is 0 Å². The van der Waals surface area contributed by atoms with Gasteiger partial charge in [0.1, 0.15) is 5.82 Å². The molecule has 0 saturated carbocycles. The van der Waals surface area contributed by atoms with Crippen molar-refractivity contribution in [2.75, 3.05) is 31.1 Å². The normalized spacial score (nSPS) is 21.0. The summed E-state index contributed by atoms with van der Waals surface area (Å²) in [5, 5.41) is 9.11. The van der Waals surface area contributed by atoms with Crippen molar-refractivity contribution in [3.8, 4) is 0 Å². The molecule has 2 heterocycles. The van der Waals surface area contributed by atoms with E-state index in [2.05, 4.69) is 39.0 Å². The highest BCUT2D eigenvalue weighted by Crippen LogP contribution is 2.26. The van der Waals surface area contributed by atoms with Gasteiger partial charge in [-0.2, -0.15) is 0 Å². The number of anilines is 1. The number of fused-ring (bicyclic) bond motifs is 1. The third-order valence-corrected chi connectivity index (χ3v) is 5.43. The van der Waals surface area contributed by atoms with E-state index in [-0.39, 0.29) is 5.69 Å². The molecular weight excluding hydrogens is 314 g/mol. The predicted molar refractivity (Wildman–Crippen MR) is 97.2 cm³/mol. The lowest BCUT2D eigenvalue weighted by molar-refractivity contribution is 0.0690. The molecule has 5 heteroatoms. The van der Waals surface area contributed by atoms with Crippen molar-refractivity contribution in [3.63, 3.8) is 0 Å². The van der Waals surface area contributed by atoms with Crippen molar-refractivity contribution in [2.24, 2.45) is 0 Å². The van der Waals surface area contributed by atoms with Gasteiger partial charge in [0.05, 0.1) is 0 Å². The van der Waals surface area contributed by atoms with E-state index in [0.29, 0.717) is 6.04 Å². The summed E-state index contributed by atoms with van der Waals surface area (Å²) in [5.74, 6) is -0.199. The van der Waals surface area contributed by atoms with Gasteiger partial charge < -0.3 is 10.0 Å². The molecule has 2 aromatic rings. The molecule has 4 rings (SSSR count). The molecule has 1 unspecified atom stereocenters. The Bertz CT molecular complexity index is 769. The van der Waals surface area contributed by atoms with E-state index in [1.807, 2.05) is 6.07 Å². The number of pyridine rings is 1. The van der Waals surface area contributed by atoms with Gasteiger partial charge in [-0.3, -0.25) is 4.90 Å². The lowest BCUT2D eigenvalue weighted by Gasteiger charge is -2.41. The Morgan fingerprint density at radius 1 is 1.00 bits per heavy atom. The molecule has 1 aliphatic heterocycles. The molecule has 1 atom stereocenters. The zero-order valence-electron chi connectivity index (χ0n) is 14.3. The molecule has 1 aromatic carbocycles. The molecule has 1 aromatic heterocycles. The van der Waals surface area contributed by atoms with Crippen LogP contribution in [-0.2, 0) is 12.8 Å². The molecule has 1 aliphatic carbocycles. The highest BCUT2D eigenvalue weighted by molar-refractivity contribution is 5.85. The Kier molecular flexibility index (Phi) is 4.40. The summed E-state index contributed by atoms with van der Waals surface area (Å²) in [6.45, 7) is 3.81. The van der Waals surface area contributed by atoms with Gasteiger partial charge in [-0.25, -0.2) is 9.78 Å². The molecule has 1 saturated heterocycles. The Balaban J connectivity index is 1.39. The number of carbonyl (C=O) groups is 1. The number of aromatic nitrogens is 1. The maximum Gasteiger partial charge on any atom is 0.354 e. The number of carboxylic acid groups (broad SMARTS) is 1. The van der Waals surface area contributed by atoms with Gasteiger partial charge in [0, 0.05) is 32.2 Å². The maximum absolute atomic E-state index is 11.1. The molecule has 130 valence electrons. The number of carboxylic acids is 1. The van der Waals surface area contributed by atoms with Crippen molar-refractivity contribution in [1.29, 1.82) is 0 Å². The summed E-state index contributed by atoms with van der Waals surface area (Å²) in [6, 6.07) is 14.6. The smallest absolute Gasteiger partial charge is 0.354 e. The average Bonchev–Trinajstić information content (AvgIpc) is 2.68. The molecule has 0 spiro atoms. The van der Waals surface area contributed by atoms with E-state index in [1.165, 1.54) is 24.0 Å². The number of benzene rings is 1. The topological polar surface area (TPSA) is 56.7 Å². The number of aryl methyl sites for hydroxylation is 1. The Morgan fingerprint density at radius 3 is 2.52 bits per heavy atom. The molecule has 0 amide bonds. The molecule has 0 radical (unpaired) electrons. The molecule has 1 N–H and O–H groups in total. The Morgan fingerprint density at radius 2 is 1.76 bits per heavy atom. The summed E-state index contributed by atoms with van der Waals surface area (Å²) in [5.41, 5.74) is 3.12. The fourth-order valence-corrected chi connectivity index (χ4v) is 4.02. The zero-order valence-corrected chi connectivity index (χ0v) is 14.3. The van der Waals surface area contributed by atoms with Crippen LogP contribution in [0.2, 0.25) is 0 Å². The van der Waals surface area contributed by atoms with E-state index in [0.717, 1.165) is 38.4 Å². The third kappa shape index (κ3) is 3.37. The first-order valence-electron chi connectivity index (χ1n) is 8.97. The molecule has 1 fully saturated rings. The summed E-state index contributed by atoms with van der Waals surface area (Å²) < 4.78 is 0. The van der Waals surface area contributed by atoms with Crippen LogP contribution in [0, 0.1) is 0 Å². The first-order chi connectivity index (χ1) is 12.2. The van der Waals surface area contributed by atoms with Crippen LogP contribution < -0.4 is 4.90 Å². The van der Waals surface area contributed by atoms with Crippen molar-refractivity contribution in [2.45, 2.75) is 25.3 Å². The van der Waals surface area contributed by atoms with Crippen LogP contribution in [0.3, 0.4) is 0 Å². The highest BCUT2D eigenvalue weighted by atomic mass is 16.4. The third-order valence-electron chi connectivity index (χ3n) is 5.43.